The molecule has 4 heteroatoms. The zero-order valence-electron chi connectivity index (χ0n) is 11.8. The average molecular weight is 276 g/mol. The van der Waals surface area contributed by atoms with Gasteiger partial charge in [0, 0.05) is 37.6 Å². The third-order valence-corrected chi connectivity index (χ3v) is 3.26. The zero-order valence-corrected chi connectivity index (χ0v) is 11.8. The SMILES string of the molecule is CN(Cc1cccnc1)c1cc(-c2ccccc2)ncn1. The molecule has 21 heavy (non-hydrogen) atoms. The average Bonchev–Trinajstić information content (AvgIpc) is 2.57. The van der Waals surface area contributed by atoms with Crippen molar-refractivity contribution in [2.45, 2.75) is 6.54 Å². The topological polar surface area (TPSA) is 41.9 Å². The van der Waals surface area contributed by atoms with Crippen LogP contribution in [0.1, 0.15) is 5.56 Å². The molecule has 0 spiro atoms. The number of pyridine rings is 1. The van der Waals surface area contributed by atoms with Crippen LogP contribution in [-0.4, -0.2) is 22.0 Å². The van der Waals surface area contributed by atoms with Crippen molar-refractivity contribution in [1.29, 1.82) is 0 Å². The number of hydrogen-bond acceptors (Lipinski definition) is 4. The largest absolute Gasteiger partial charge is 0.355 e. The molecule has 0 radical (unpaired) electrons. The van der Waals surface area contributed by atoms with Crippen LogP contribution in [0, 0.1) is 0 Å². The van der Waals surface area contributed by atoms with E-state index < -0.39 is 0 Å². The molecular formula is C17H16N4. The van der Waals surface area contributed by atoms with E-state index in [9.17, 15) is 0 Å². The van der Waals surface area contributed by atoms with E-state index in [1.165, 1.54) is 0 Å². The maximum Gasteiger partial charge on any atom is 0.132 e. The molecule has 0 aliphatic heterocycles. The summed E-state index contributed by atoms with van der Waals surface area (Å²) in [5.41, 5.74) is 3.18. The van der Waals surface area contributed by atoms with Crippen LogP contribution in [0.15, 0.2) is 67.3 Å². The van der Waals surface area contributed by atoms with Gasteiger partial charge >= 0.3 is 0 Å². The third-order valence-electron chi connectivity index (χ3n) is 3.26. The molecule has 0 unspecified atom stereocenters. The summed E-state index contributed by atoms with van der Waals surface area (Å²) in [5.74, 6) is 0.896. The number of nitrogens with zero attached hydrogens (tertiary/aromatic N) is 4. The van der Waals surface area contributed by atoms with Crippen LogP contribution in [0.2, 0.25) is 0 Å². The van der Waals surface area contributed by atoms with Crippen molar-refractivity contribution < 1.29 is 0 Å². The fraction of sp³-hybridized carbons (Fsp3) is 0.118. The monoisotopic (exact) mass is 276 g/mol. The minimum Gasteiger partial charge on any atom is -0.355 e. The molecule has 4 nitrogen and oxygen atoms in total. The number of benzene rings is 1. The number of anilines is 1. The van der Waals surface area contributed by atoms with Gasteiger partial charge in [-0.3, -0.25) is 4.98 Å². The van der Waals surface area contributed by atoms with E-state index in [1.54, 1.807) is 12.5 Å². The molecule has 2 heterocycles. The van der Waals surface area contributed by atoms with Crippen molar-refractivity contribution in [2.75, 3.05) is 11.9 Å². The number of hydrogen-bond donors (Lipinski definition) is 0. The van der Waals surface area contributed by atoms with E-state index in [4.69, 9.17) is 0 Å². The maximum atomic E-state index is 4.36. The van der Waals surface area contributed by atoms with Crippen molar-refractivity contribution in [1.82, 2.24) is 15.0 Å². The Balaban J connectivity index is 1.83. The predicted octanol–water partition coefficient (Wildman–Crippen LogP) is 3.18. The first-order valence-corrected chi connectivity index (χ1v) is 6.80. The molecule has 0 aliphatic rings. The first-order valence-electron chi connectivity index (χ1n) is 6.80. The summed E-state index contributed by atoms with van der Waals surface area (Å²) in [5, 5.41) is 0. The summed E-state index contributed by atoms with van der Waals surface area (Å²) in [7, 11) is 2.02. The van der Waals surface area contributed by atoms with Gasteiger partial charge in [-0.05, 0) is 11.6 Å². The Bertz CT molecular complexity index is 698. The summed E-state index contributed by atoms with van der Waals surface area (Å²) < 4.78 is 0. The first kappa shape index (κ1) is 13.2. The quantitative estimate of drug-likeness (QED) is 0.734. The van der Waals surface area contributed by atoms with Crippen LogP contribution in [0.5, 0.6) is 0 Å². The summed E-state index contributed by atoms with van der Waals surface area (Å²) in [6.07, 6.45) is 5.26. The Morgan fingerprint density at radius 1 is 1.00 bits per heavy atom. The van der Waals surface area contributed by atoms with Crippen LogP contribution >= 0.6 is 0 Å². The standard InChI is InChI=1S/C17H16N4/c1-21(12-14-6-5-9-18-11-14)17-10-16(19-13-20-17)15-7-3-2-4-8-15/h2-11,13H,12H2,1H3. The molecular weight excluding hydrogens is 260 g/mol. The molecule has 0 saturated heterocycles. The smallest absolute Gasteiger partial charge is 0.132 e. The highest BCUT2D eigenvalue weighted by Crippen LogP contribution is 2.20. The molecule has 0 bridgehead atoms. The lowest BCUT2D eigenvalue weighted by Gasteiger charge is -2.18. The molecule has 0 amide bonds. The Labute approximate surface area is 124 Å². The molecule has 0 fully saturated rings. The fourth-order valence-electron chi connectivity index (χ4n) is 2.17. The lowest BCUT2D eigenvalue weighted by molar-refractivity contribution is 0.886. The molecule has 1 aromatic carbocycles. The maximum absolute atomic E-state index is 4.36. The van der Waals surface area contributed by atoms with Crippen molar-refractivity contribution in [3.8, 4) is 11.3 Å². The Kier molecular flexibility index (Phi) is 3.87. The van der Waals surface area contributed by atoms with Gasteiger partial charge in [-0.15, -0.1) is 0 Å². The van der Waals surface area contributed by atoms with E-state index in [0.29, 0.717) is 0 Å². The normalized spacial score (nSPS) is 10.3. The van der Waals surface area contributed by atoms with E-state index in [-0.39, 0.29) is 0 Å². The molecule has 2 aromatic heterocycles. The van der Waals surface area contributed by atoms with Crippen LogP contribution in [-0.2, 0) is 6.54 Å². The van der Waals surface area contributed by atoms with E-state index in [1.807, 2.05) is 55.7 Å². The summed E-state index contributed by atoms with van der Waals surface area (Å²) in [4.78, 5) is 14.9. The van der Waals surface area contributed by atoms with Gasteiger partial charge in [0.1, 0.15) is 12.1 Å². The lowest BCUT2D eigenvalue weighted by Crippen LogP contribution is -2.17. The van der Waals surface area contributed by atoms with Gasteiger partial charge in [0.05, 0.1) is 5.69 Å². The highest BCUT2D eigenvalue weighted by Gasteiger charge is 2.06. The van der Waals surface area contributed by atoms with Gasteiger partial charge in [-0.2, -0.15) is 0 Å². The van der Waals surface area contributed by atoms with Crippen molar-refractivity contribution >= 4 is 5.82 Å². The van der Waals surface area contributed by atoms with Crippen LogP contribution in [0.25, 0.3) is 11.3 Å². The Hall–Kier alpha value is -2.75. The minimum absolute atomic E-state index is 0.763. The Morgan fingerprint density at radius 3 is 2.62 bits per heavy atom. The van der Waals surface area contributed by atoms with Gasteiger partial charge in [0.25, 0.3) is 0 Å². The molecule has 104 valence electrons. The second-order valence-electron chi connectivity index (χ2n) is 4.84. The predicted molar refractivity (Wildman–Crippen MR) is 83.8 cm³/mol. The van der Waals surface area contributed by atoms with E-state index in [0.717, 1.165) is 29.2 Å². The van der Waals surface area contributed by atoms with Crippen LogP contribution in [0.3, 0.4) is 0 Å². The molecule has 0 saturated carbocycles. The summed E-state index contributed by atoms with van der Waals surface area (Å²) >= 11 is 0. The van der Waals surface area contributed by atoms with Crippen molar-refractivity contribution in [3.63, 3.8) is 0 Å². The van der Waals surface area contributed by atoms with E-state index >= 15 is 0 Å². The first-order chi connectivity index (χ1) is 10.3. The fourth-order valence-corrected chi connectivity index (χ4v) is 2.17. The molecule has 0 atom stereocenters. The van der Waals surface area contributed by atoms with E-state index in [2.05, 4.69) is 25.9 Å². The number of aromatic nitrogens is 3. The zero-order chi connectivity index (χ0) is 14.5. The van der Waals surface area contributed by atoms with Crippen LogP contribution in [0.4, 0.5) is 5.82 Å². The second-order valence-corrected chi connectivity index (χ2v) is 4.84. The summed E-state index contributed by atoms with van der Waals surface area (Å²) in [6.45, 7) is 0.763. The molecule has 3 aromatic rings. The number of rotatable bonds is 4. The summed E-state index contributed by atoms with van der Waals surface area (Å²) in [6, 6.07) is 16.1. The third kappa shape index (κ3) is 3.23. The van der Waals surface area contributed by atoms with Gasteiger partial charge in [0.2, 0.25) is 0 Å². The highest BCUT2D eigenvalue weighted by molar-refractivity contribution is 5.62. The van der Waals surface area contributed by atoms with Crippen molar-refractivity contribution in [3.05, 3.63) is 72.8 Å². The van der Waals surface area contributed by atoms with Gasteiger partial charge in [-0.1, -0.05) is 36.4 Å². The molecule has 0 N–H and O–H groups in total. The van der Waals surface area contributed by atoms with Gasteiger partial charge in [-0.25, -0.2) is 9.97 Å². The molecule has 0 aliphatic carbocycles. The van der Waals surface area contributed by atoms with Crippen LogP contribution < -0.4 is 4.90 Å². The highest BCUT2D eigenvalue weighted by atomic mass is 15.2. The minimum atomic E-state index is 0.763. The Morgan fingerprint density at radius 2 is 1.86 bits per heavy atom. The van der Waals surface area contributed by atoms with Crippen molar-refractivity contribution in [2.24, 2.45) is 0 Å². The van der Waals surface area contributed by atoms with Gasteiger partial charge in [0.15, 0.2) is 0 Å². The lowest BCUT2D eigenvalue weighted by atomic mass is 10.1. The van der Waals surface area contributed by atoms with Gasteiger partial charge < -0.3 is 4.90 Å². The second kappa shape index (κ2) is 6.13. The molecule has 3 rings (SSSR count).